The highest BCUT2D eigenvalue weighted by Crippen LogP contribution is 2.20. The van der Waals surface area contributed by atoms with E-state index in [0.717, 1.165) is 32.2 Å². The Kier molecular flexibility index (Phi) is 4.41. The molecule has 2 N–H and O–H groups in total. The van der Waals surface area contributed by atoms with E-state index in [4.69, 9.17) is 0 Å². The van der Waals surface area contributed by atoms with Crippen LogP contribution in [0.2, 0.25) is 0 Å². The molecule has 0 radical (unpaired) electrons. The third kappa shape index (κ3) is 3.12. The molecule has 18 heavy (non-hydrogen) atoms. The van der Waals surface area contributed by atoms with Crippen molar-refractivity contribution in [2.45, 2.75) is 65.1 Å². The van der Waals surface area contributed by atoms with E-state index in [1.54, 1.807) is 0 Å². The summed E-state index contributed by atoms with van der Waals surface area (Å²) in [6.07, 6.45) is 4.04. The smallest absolute Gasteiger partial charge is 0.0541 e. The molecule has 0 unspecified atom stereocenters. The van der Waals surface area contributed by atoms with Crippen LogP contribution in [0.4, 0.5) is 0 Å². The Hall–Kier alpha value is -0.860. The van der Waals surface area contributed by atoms with Gasteiger partial charge in [-0.15, -0.1) is 0 Å². The van der Waals surface area contributed by atoms with Gasteiger partial charge in [-0.2, -0.15) is 0 Å². The Balaban J connectivity index is 1.92. The van der Waals surface area contributed by atoms with Crippen LogP contribution in [0.5, 0.6) is 0 Å². The lowest BCUT2D eigenvalue weighted by molar-refractivity contribution is 0.116. The van der Waals surface area contributed by atoms with Gasteiger partial charge in [0.25, 0.3) is 0 Å². The maximum absolute atomic E-state index is 9.50. The van der Waals surface area contributed by atoms with Crippen LogP contribution in [0.3, 0.4) is 0 Å². The van der Waals surface area contributed by atoms with Crippen LogP contribution in [-0.4, -0.2) is 17.3 Å². The zero-order chi connectivity index (χ0) is 13.1. The van der Waals surface area contributed by atoms with Crippen molar-refractivity contribution in [1.29, 1.82) is 0 Å². The van der Waals surface area contributed by atoms with E-state index in [0.29, 0.717) is 6.04 Å². The van der Waals surface area contributed by atoms with Crippen LogP contribution < -0.4 is 5.32 Å². The summed E-state index contributed by atoms with van der Waals surface area (Å²) in [5.41, 5.74) is 5.60. The van der Waals surface area contributed by atoms with Gasteiger partial charge < -0.3 is 10.4 Å². The highest BCUT2D eigenvalue weighted by atomic mass is 16.3. The third-order valence-electron chi connectivity index (χ3n) is 4.45. The lowest BCUT2D eigenvalue weighted by Gasteiger charge is -2.26. The minimum absolute atomic E-state index is 0.0635. The highest BCUT2D eigenvalue weighted by Gasteiger charge is 2.18. The molecular formula is C16H25NO. The Labute approximate surface area is 110 Å². The molecule has 2 nitrogen and oxygen atoms in total. The molecule has 0 atom stereocenters. The van der Waals surface area contributed by atoms with Crippen molar-refractivity contribution in [2.75, 3.05) is 0 Å². The van der Waals surface area contributed by atoms with E-state index in [9.17, 15) is 5.11 Å². The van der Waals surface area contributed by atoms with Crippen molar-refractivity contribution >= 4 is 0 Å². The zero-order valence-corrected chi connectivity index (χ0v) is 11.8. The summed E-state index contributed by atoms with van der Waals surface area (Å²) in [6.45, 7) is 7.53. The van der Waals surface area contributed by atoms with Gasteiger partial charge in [0.05, 0.1) is 6.10 Å². The molecule has 1 aromatic carbocycles. The number of aliphatic hydroxyl groups excluding tert-OH is 1. The van der Waals surface area contributed by atoms with Gasteiger partial charge in [-0.1, -0.05) is 12.1 Å². The predicted octanol–water partition coefficient (Wildman–Crippen LogP) is 3.00. The molecule has 0 amide bonds. The summed E-state index contributed by atoms with van der Waals surface area (Å²) >= 11 is 0. The van der Waals surface area contributed by atoms with E-state index in [2.05, 4.69) is 38.2 Å². The summed E-state index contributed by atoms with van der Waals surface area (Å²) in [5.74, 6) is 0. The van der Waals surface area contributed by atoms with Gasteiger partial charge in [-0.05, 0) is 68.7 Å². The SMILES string of the molecule is Cc1ccc(CNC2CCC(O)CC2)c(C)c1C. The average Bonchev–Trinajstić information content (AvgIpc) is 2.37. The van der Waals surface area contributed by atoms with E-state index < -0.39 is 0 Å². The van der Waals surface area contributed by atoms with E-state index >= 15 is 0 Å². The monoisotopic (exact) mass is 247 g/mol. The number of benzene rings is 1. The summed E-state index contributed by atoms with van der Waals surface area (Å²) in [4.78, 5) is 0. The second-order valence-electron chi connectivity index (χ2n) is 5.68. The molecule has 2 heteroatoms. The minimum Gasteiger partial charge on any atom is -0.393 e. The fourth-order valence-corrected chi connectivity index (χ4v) is 2.74. The fraction of sp³-hybridized carbons (Fsp3) is 0.625. The van der Waals surface area contributed by atoms with Gasteiger partial charge in [0.15, 0.2) is 0 Å². The van der Waals surface area contributed by atoms with Gasteiger partial charge in [0, 0.05) is 12.6 Å². The van der Waals surface area contributed by atoms with Gasteiger partial charge in [0.1, 0.15) is 0 Å². The van der Waals surface area contributed by atoms with Crippen molar-refractivity contribution < 1.29 is 5.11 Å². The average molecular weight is 247 g/mol. The number of hydrogen-bond donors (Lipinski definition) is 2. The highest BCUT2D eigenvalue weighted by molar-refractivity contribution is 5.38. The minimum atomic E-state index is -0.0635. The first kappa shape index (κ1) is 13.6. The number of hydrogen-bond acceptors (Lipinski definition) is 2. The van der Waals surface area contributed by atoms with Crippen molar-refractivity contribution in [3.8, 4) is 0 Å². The Morgan fingerprint density at radius 1 is 1.06 bits per heavy atom. The molecule has 2 rings (SSSR count). The van der Waals surface area contributed by atoms with Crippen LogP contribution in [0.25, 0.3) is 0 Å². The number of aryl methyl sites for hydroxylation is 1. The second-order valence-corrected chi connectivity index (χ2v) is 5.68. The van der Waals surface area contributed by atoms with Crippen molar-refractivity contribution in [3.63, 3.8) is 0 Å². The Morgan fingerprint density at radius 2 is 1.72 bits per heavy atom. The van der Waals surface area contributed by atoms with Crippen molar-refractivity contribution in [1.82, 2.24) is 5.32 Å². The summed E-state index contributed by atoms with van der Waals surface area (Å²) in [6, 6.07) is 5.03. The maximum atomic E-state index is 9.50. The number of nitrogens with one attached hydrogen (secondary N) is 1. The summed E-state index contributed by atoms with van der Waals surface area (Å²) in [7, 11) is 0. The van der Waals surface area contributed by atoms with Crippen LogP contribution in [0.1, 0.15) is 47.9 Å². The molecule has 0 bridgehead atoms. The first-order valence-electron chi connectivity index (χ1n) is 7.05. The quantitative estimate of drug-likeness (QED) is 0.860. The lowest BCUT2D eigenvalue weighted by atomic mass is 9.92. The number of aliphatic hydroxyl groups is 1. The van der Waals surface area contributed by atoms with Gasteiger partial charge in [0.2, 0.25) is 0 Å². The normalized spacial score (nSPS) is 24.2. The first-order chi connectivity index (χ1) is 8.58. The van der Waals surface area contributed by atoms with Crippen LogP contribution in [-0.2, 0) is 6.54 Å². The van der Waals surface area contributed by atoms with E-state index in [1.807, 2.05) is 0 Å². The molecule has 1 aliphatic carbocycles. The standard InChI is InChI=1S/C16H25NO/c1-11-4-5-14(13(3)12(11)2)10-17-15-6-8-16(18)9-7-15/h4-5,15-18H,6-10H2,1-3H3. The Bertz CT molecular complexity index is 406. The molecule has 1 aromatic rings. The summed E-state index contributed by atoms with van der Waals surface area (Å²) in [5, 5.41) is 13.1. The summed E-state index contributed by atoms with van der Waals surface area (Å²) < 4.78 is 0. The second kappa shape index (κ2) is 5.85. The Morgan fingerprint density at radius 3 is 2.39 bits per heavy atom. The maximum Gasteiger partial charge on any atom is 0.0541 e. The zero-order valence-electron chi connectivity index (χ0n) is 11.8. The molecule has 1 saturated carbocycles. The largest absolute Gasteiger partial charge is 0.393 e. The van der Waals surface area contributed by atoms with Crippen molar-refractivity contribution in [3.05, 3.63) is 34.4 Å². The molecule has 0 saturated heterocycles. The van der Waals surface area contributed by atoms with Crippen LogP contribution in [0.15, 0.2) is 12.1 Å². The molecule has 0 aliphatic heterocycles. The first-order valence-corrected chi connectivity index (χ1v) is 7.05. The molecule has 100 valence electrons. The van der Waals surface area contributed by atoms with E-state index in [-0.39, 0.29) is 6.10 Å². The van der Waals surface area contributed by atoms with Gasteiger partial charge >= 0.3 is 0 Å². The molecule has 1 fully saturated rings. The van der Waals surface area contributed by atoms with Crippen molar-refractivity contribution in [2.24, 2.45) is 0 Å². The topological polar surface area (TPSA) is 32.3 Å². The van der Waals surface area contributed by atoms with Crippen LogP contribution in [0, 0.1) is 20.8 Å². The predicted molar refractivity (Wildman–Crippen MR) is 75.8 cm³/mol. The molecule has 0 spiro atoms. The molecular weight excluding hydrogens is 222 g/mol. The van der Waals surface area contributed by atoms with Gasteiger partial charge in [-0.25, -0.2) is 0 Å². The molecule has 1 aliphatic rings. The fourth-order valence-electron chi connectivity index (χ4n) is 2.74. The van der Waals surface area contributed by atoms with Gasteiger partial charge in [-0.3, -0.25) is 0 Å². The lowest BCUT2D eigenvalue weighted by Crippen LogP contribution is -2.34. The van der Waals surface area contributed by atoms with Crippen LogP contribution >= 0.6 is 0 Å². The molecule has 0 aromatic heterocycles. The number of rotatable bonds is 3. The molecule has 0 heterocycles. The van der Waals surface area contributed by atoms with E-state index in [1.165, 1.54) is 22.3 Å². The third-order valence-corrected chi connectivity index (χ3v) is 4.45.